The number of imidazole rings is 1. The predicted molar refractivity (Wildman–Crippen MR) is 61.7 cm³/mol. The highest BCUT2D eigenvalue weighted by Gasteiger charge is 2.22. The molecule has 0 radical (unpaired) electrons. The summed E-state index contributed by atoms with van der Waals surface area (Å²) in [6.45, 7) is 0. The van der Waals surface area contributed by atoms with Crippen molar-refractivity contribution in [3.05, 3.63) is 48.0 Å². The number of hydrogen-bond donors (Lipinski definition) is 2. The standard InChI is InChI=1S/C12H9N3O2/c16-12-9(7-11-13-5-6-14-11)8-3-1-2-4-10(8)17-15-12/h1-7H,(H,13,14)(H,15,16). The molecule has 1 aliphatic rings. The van der Waals surface area contributed by atoms with E-state index in [-0.39, 0.29) is 5.91 Å². The minimum Gasteiger partial charge on any atom is -0.379 e. The van der Waals surface area contributed by atoms with Gasteiger partial charge in [-0.15, -0.1) is 0 Å². The highest BCUT2D eigenvalue weighted by molar-refractivity contribution is 6.25. The molecule has 17 heavy (non-hydrogen) atoms. The van der Waals surface area contributed by atoms with Gasteiger partial charge in [-0.3, -0.25) is 4.79 Å². The van der Waals surface area contributed by atoms with Gasteiger partial charge in [-0.2, -0.15) is 5.48 Å². The van der Waals surface area contributed by atoms with E-state index in [0.29, 0.717) is 17.1 Å². The molecule has 2 aromatic rings. The number of fused-ring (bicyclic) bond motifs is 1. The van der Waals surface area contributed by atoms with Crippen molar-refractivity contribution >= 4 is 17.6 Å². The minimum absolute atomic E-state index is 0.278. The molecule has 0 saturated heterocycles. The van der Waals surface area contributed by atoms with Crippen LogP contribution in [0.15, 0.2) is 36.7 Å². The SMILES string of the molecule is O=C1NOc2ccccc2C1=Cc1ncc[nH]1. The lowest BCUT2D eigenvalue weighted by atomic mass is 10.0. The normalized spacial score (nSPS) is 16.2. The van der Waals surface area contributed by atoms with Crippen LogP contribution >= 0.6 is 0 Å². The number of para-hydroxylation sites is 1. The highest BCUT2D eigenvalue weighted by Crippen LogP contribution is 2.29. The number of carbonyl (C=O) groups excluding carboxylic acids is 1. The first-order valence-corrected chi connectivity index (χ1v) is 5.12. The number of hydroxylamine groups is 1. The molecule has 0 saturated carbocycles. The minimum atomic E-state index is -0.278. The summed E-state index contributed by atoms with van der Waals surface area (Å²) in [6, 6.07) is 7.34. The molecule has 0 atom stereocenters. The zero-order valence-electron chi connectivity index (χ0n) is 8.81. The van der Waals surface area contributed by atoms with Crippen molar-refractivity contribution in [1.82, 2.24) is 15.4 Å². The van der Waals surface area contributed by atoms with Crippen molar-refractivity contribution in [2.75, 3.05) is 0 Å². The number of hydrogen-bond acceptors (Lipinski definition) is 3. The molecule has 2 N–H and O–H groups in total. The number of H-pyrrole nitrogens is 1. The summed E-state index contributed by atoms with van der Waals surface area (Å²) in [7, 11) is 0. The molecule has 1 aliphatic heterocycles. The van der Waals surface area contributed by atoms with Gasteiger partial charge in [0.25, 0.3) is 5.91 Å². The van der Waals surface area contributed by atoms with E-state index in [1.807, 2.05) is 18.2 Å². The van der Waals surface area contributed by atoms with Gasteiger partial charge in [0.1, 0.15) is 5.82 Å². The molecule has 0 spiro atoms. The van der Waals surface area contributed by atoms with Crippen LogP contribution in [-0.2, 0) is 4.79 Å². The van der Waals surface area contributed by atoms with Crippen LogP contribution in [-0.4, -0.2) is 15.9 Å². The summed E-state index contributed by atoms with van der Waals surface area (Å²) in [4.78, 5) is 23.8. The first kappa shape index (κ1) is 9.65. The van der Waals surface area contributed by atoms with E-state index in [9.17, 15) is 4.79 Å². The van der Waals surface area contributed by atoms with Crippen LogP contribution in [0.4, 0.5) is 0 Å². The molecule has 84 valence electrons. The predicted octanol–water partition coefficient (Wildman–Crippen LogP) is 1.37. The van der Waals surface area contributed by atoms with Crippen LogP contribution in [0.25, 0.3) is 11.6 Å². The lowest BCUT2D eigenvalue weighted by Gasteiger charge is -2.18. The molecule has 0 fully saturated rings. The second-order valence-corrected chi connectivity index (χ2v) is 3.56. The lowest BCUT2D eigenvalue weighted by Crippen LogP contribution is -2.32. The van der Waals surface area contributed by atoms with Crippen molar-refractivity contribution < 1.29 is 9.63 Å². The van der Waals surface area contributed by atoms with Gasteiger partial charge >= 0.3 is 0 Å². The number of benzene rings is 1. The Hall–Kier alpha value is -2.56. The maximum atomic E-state index is 11.7. The summed E-state index contributed by atoms with van der Waals surface area (Å²) in [5, 5.41) is 0. The molecule has 5 heteroatoms. The maximum Gasteiger partial charge on any atom is 0.284 e. The van der Waals surface area contributed by atoms with Crippen molar-refractivity contribution in [3.8, 4) is 5.75 Å². The third-order valence-electron chi connectivity index (χ3n) is 2.48. The first-order valence-electron chi connectivity index (χ1n) is 5.12. The smallest absolute Gasteiger partial charge is 0.284 e. The van der Waals surface area contributed by atoms with E-state index in [0.717, 1.165) is 5.56 Å². The molecule has 2 heterocycles. The fourth-order valence-electron chi connectivity index (χ4n) is 1.69. The monoisotopic (exact) mass is 227 g/mol. The largest absolute Gasteiger partial charge is 0.379 e. The highest BCUT2D eigenvalue weighted by atomic mass is 16.7. The van der Waals surface area contributed by atoms with E-state index in [2.05, 4.69) is 15.4 Å². The van der Waals surface area contributed by atoms with Crippen molar-refractivity contribution in [2.45, 2.75) is 0 Å². The number of nitrogens with one attached hydrogen (secondary N) is 2. The molecular weight excluding hydrogens is 218 g/mol. The van der Waals surface area contributed by atoms with Crippen LogP contribution in [0.1, 0.15) is 11.4 Å². The Morgan fingerprint density at radius 1 is 1.29 bits per heavy atom. The third kappa shape index (κ3) is 1.67. The summed E-state index contributed by atoms with van der Waals surface area (Å²) in [5.74, 6) is 0.983. The fourth-order valence-corrected chi connectivity index (χ4v) is 1.69. The van der Waals surface area contributed by atoms with Crippen LogP contribution in [0.5, 0.6) is 5.75 Å². The molecule has 0 bridgehead atoms. The molecular formula is C12H9N3O2. The average molecular weight is 227 g/mol. The van der Waals surface area contributed by atoms with Gasteiger partial charge in [0.15, 0.2) is 5.75 Å². The number of carbonyl (C=O) groups is 1. The number of aromatic amines is 1. The van der Waals surface area contributed by atoms with Gasteiger partial charge in [-0.25, -0.2) is 4.98 Å². The Morgan fingerprint density at radius 2 is 2.18 bits per heavy atom. The Balaban J connectivity index is 2.13. The summed E-state index contributed by atoms with van der Waals surface area (Å²) < 4.78 is 0. The number of rotatable bonds is 1. The number of aromatic nitrogens is 2. The van der Waals surface area contributed by atoms with Gasteiger partial charge in [-0.05, 0) is 12.1 Å². The molecule has 1 aromatic carbocycles. The molecule has 1 aromatic heterocycles. The van der Waals surface area contributed by atoms with E-state index in [1.165, 1.54) is 0 Å². The van der Waals surface area contributed by atoms with E-state index >= 15 is 0 Å². The molecule has 5 nitrogen and oxygen atoms in total. The second kappa shape index (κ2) is 3.79. The topological polar surface area (TPSA) is 67.0 Å². The summed E-state index contributed by atoms with van der Waals surface area (Å²) in [5.41, 5.74) is 3.64. The van der Waals surface area contributed by atoms with Gasteiger partial charge in [0.2, 0.25) is 0 Å². The van der Waals surface area contributed by atoms with Gasteiger partial charge in [0.05, 0.1) is 5.57 Å². The van der Waals surface area contributed by atoms with Crippen LogP contribution in [0.3, 0.4) is 0 Å². The molecule has 0 aliphatic carbocycles. The average Bonchev–Trinajstić information content (AvgIpc) is 2.86. The maximum absolute atomic E-state index is 11.7. The lowest BCUT2D eigenvalue weighted by molar-refractivity contribution is -0.122. The Bertz CT molecular complexity index is 588. The van der Waals surface area contributed by atoms with Crippen molar-refractivity contribution in [1.29, 1.82) is 0 Å². The fraction of sp³-hybridized carbons (Fsp3) is 0. The van der Waals surface area contributed by atoms with Gasteiger partial charge < -0.3 is 9.82 Å². The quantitative estimate of drug-likeness (QED) is 0.723. The van der Waals surface area contributed by atoms with E-state index < -0.39 is 0 Å². The van der Waals surface area contributed by atoms with Crippen LogP contribution < -0.4 is 10.3 Å². The van der Waals surface area contributed by atoms with Crippen LogP contribution in [0.2, 0.25) is 0 Å². The van der Waals surface area contributed by atoms with Crippen molar-refractivity contribution in [2.24, 2.45) is 0 Å². The zero-order chi connectivity index (χ0) is 11.7. The van der Waals surface area contributed by atoms with Crippen molar-refractivity contribution in [3.63, 3.8) is 0 Å². The first-order chi connectivity index (χ1) is 8.34. The molecule has 1 amide bonds. The Labute approximate surface area is 97.1 Å². The van der Waals surface area contributed by atoms with E-state index in [4.69, 9.17) is 4.84 Å². The zero-order valence-corrected chi connectivity index (χ0v) is 8.81. The Kier molecular flexibility index (Phi) is 2.15. The van der Waals surface area contributed by atoms with Gasteiger partial charge in [-0.1, -0.05) is 18.2 Å². The number of amides is 1. The summed E-state index contributed by atoms with van der Waals surface area (Å²) in [6.07, 6.45) is 5.03. The van der Waals surface area contributed by atoms with Gasteiger partial charge in [0, 0.05) is 18.0 Å². The van der Waals surface area contributed by atoms with E-state index in [1.54, 1.807) is 24.5 Å². The molecule has 3 rings (SSSR count). The summed E-state index contributed by atoms with van der Waals surface area (Å²) >= 11 is 0. The molecule has 0 unspecified atom stereocenters. The Morgan fingerprint density at radius 3 is 3.00 bits per heavy atom. The number of nitrogens with zero attached hydrogens (tertiary/aromatic N) is 1. The second-order valence-electron chi connectivity index (χ2n) is 3.56. The third-order valence-corrected chi connectivity index (χ3v) is 2.48. The van der Waals surface area contributed by atoms with Crippen LogP contribution in [0, 0.1) is 0 Å².